The van der Waals surface area contributed by atoms with E-state index in [9.17, 15) is 9.59 Å². The number of hydrogen-bond donors (Lipinski definition) is 2. The topological polar surface area (TPSA) is 76.7 Å². The maximum atomic E-state index is 13.4. The molecule has 0 aliphatic carbocycles. The summed E-state index contributed by atoms with van der Waals surface area (Å²) in [6.45, 7) is 4.28. The molecule has 0 fully saturated rings. The molecular formula is C32H32N2O4S. The van der Waals surface area contributed by atoms with E-state index in [-0.39, 0.29) is 11.8 Å². The average Bonchev–Trinajstić information content (AvgIpc) is 2.97. The van der Waals surface area contributed by atoms with Gasteiger partial charge in [-0.15, -0.1) is 11.8 Å². The molecule has 6 nitrogen and oxygen atoms in total. The van der Waals surface area contributed by atoms with Crippen LogP contribution >= 0.6 is 11.8 Å². The van der Waals surface area contributed by atoms with Crippen LogP contribution in [0.4, 0.5) is 11.4 Å². The van der Waals surface area contributed by atoms with Crippen LogP contribution in [-0.4, -0.2) is 26.0 Å². The van der Waals surface area contributed by atoms with Crippen LogP contribution in [0.2, 0.25) is 0 Å². The summed E-state index contributed by atoms with van der Waals surface area (Å²) in [5, 5.41) is 5.51. The Morgan fingerprint density at radius 2 is 1.31 bits per heavy atom. The second-order valence-electron chi connectivity index (χ2n) is 9.22. The van der Waals surface area contributed by atoms with Gasteiger partial charge in [-0.1, -0.05) is 56.3 Å². The van der Waals surface area contributed by atoms with Crippen LogP contribution in [0.5, 0.6) is 11.5 Å². The Labute approximate surface area is 233 Å². The molecular weight excluding hydrogens is 508 g/mol. The van der Waals surface area contributed by atoms with Crippen LogP contribution in [0.1, 0.15) is 46.5 Å². The molecule has 4 rings (SSSR count). The summed E-state index contributed by atoms with van der Waals surface area (Å²) in [7, 11) is 3.08. The lowest BCUT2D eigenvalue weighted by Crippen LogP contribution is -2.19. The van der Waals surface area contributed by atoms with Gasteiger partial charge >= 0.3 is 0 Å². The third-order valence-corrected chi connectivity index (χ3v) is 7.46. The Kier molecular flexibility index (Phi) is 9.28. The van der Waals surface area contributed by atoms with Crippen LogP contribution in [0.15, 0.2) is 102 Å². The highest BCUT2D eigenvalue weighted by molar-refractivity contribution is 8.00. The molecule has 0 aliphatic rings. The molecule has 39 heavy (non-hydrogen) atoms. The molecule has 1 unspecified atom stereocenters. The first kappa shape index (κ1) is 27.8. The van der Waals surface area contributed by atoms with Gasteiger partial charge in [0.05, 0.1) is 14.2 Å². The zero-order valence-corrected chi connectivity index (χ0v) is 23.3. The Bertz CT molecular complexity index is 1400. The smallest absolute Gasteiger partial charge is 0.255 e. The molecule has 0 saturated carbocycles. The SMILES string of the molecule is COc1ccc(C(=O)Nc2ccc(SC(C(=O)Nc3ccc(C(C)C)cc3)c3ccccc3)cc2)cc1OC. The number of nitrogens with one attached hydrogen (secondary N) is 2. The Morgan fingerprint density at radius 1 is 0.692 bits per heavy atom. The second-order valence-corrected chi connectivity index (χ2v) is 10.4. The molecule has 7 heteroatoms. The number of hydrogen-bond acceptors (Lipinski definition) is 5. The van der Waals surface area contributed by atoms with E-state index in [1.807, 2.05) is 78.9 Å². The highest BCUT2D eigenvalue weighted by atomic mass is 32.2. The fraction of sp³-hybridized carbons (Fsp3) is 0.188. The molecule has 4 aromatic carbocycles. The summed E-state index contributed by atoms with van der Waals surface area (Å²) in [4.78, 5) is 27.1. The summed E-state index contributed by atoms with van der Waals surface area (Å²) >= 11 is 1.46. The van der Waals surface area contributed by atoms with Gasteiger partial charge in [-0.05, 0) is 71.6 Å². The standard InChI is InChI=1S/C32H32N2O4S/c1-21(2)22-10-13-25(14-11-22)34-32(36)30(23-8-6-5-7-9-23)39-27-17-15-26(16-18-27)33-31(35)24-12-19-28(37-3)29(20-24)38-4/h5-21,30H,1-4H3,(H,33,35)(H,34,36). The van der Waals surface area contributed by atoms with Crippen molar-refractivity contribution in [1.29, 1.82) is 0 Å². The van der Waals surface area contributed by atoms with Crippen LogP contribution < -0.4 is 20.1 Å². The van der Waals surface area contributed by atoms with Crippen LogP contribution in [0.3, 0.4) is 0 Å². The van der Waals surface area contributed by atoms with Gasteiger partial charge in [0.2, 0.25) is 5.91 Å². The maximum Gasteiger partial charge on any atom is 0.255 e. The lowest BCUT2D eigenvalue weighted by Gasteiger charge is -2.18. The zero-order chi connectivity index (χ0) is 27.8. The van der Waals surface area contributed by atoms with Crippen molar-refractivity contribution in [1.82, 2.24) is 0 Å². The van der Waals surface area contributed by atoms with E-state index in [2.05, 4.69) is 24.5 Å². The fourth-order valence-electron chi connectivity index (χ4n) is 3.99. The van der Waals surface area contributed by atoms with Gasteiger partial charge in [-0.25, -0.2) is 0 Å². The Balaban J connectivity index is 1.46. The summed E-state index contributed by atoms with van der Waals surface area (Å²) in [6, 6.07) is 30.1. The highest BCUT2D eigenvalue weighted by Gasteiger charge is 2.22. The zero-order valence-electron chi connectivity index (χ0n) is 22.4. The molecule has 0 spiro atoms. The first-order valence-corrected chi connectivity index (χ1v) is 13.5. The van der Waals surface area contributed by atoms with Crippen molar-refractivity contribution in [3.05, 3.63) is 114 Å². The van der Waals surface area contributed by atoms with Crippen LogP contribution in [0, 0.1) is 0 Å². The molecule has 2 amide bonds. The number of benzene rings is 4. The van der Waals surface area contributed by atoms with Gasteiger partial charge in [0.1, 0.15) is 5.25 Å². The van der Waals surface area contributed by atoms with Crippen molar-refractivity contribution in [2.24, 2.45) is 0 Å². The Morgan fingerprint density at radius 3 is 1.92 bits per heavy atom. The lowest BCUT2D eigenvalue weighted by atomic mass is 10.0. The first-order valence-electron chi connectivity index (χ1n) is 12.6. The quantitative estimate of drug-likeness (QED) is 0.203. The van der Waals surface area contributed by atoms with Gasteiger partial charge < -0.3 is 20.1 Å². The number of carbonyl (C=O) groups is 2. The van der Waals surface area contributed by atoms with Crippen molar-refractivity contribution in [2.45, 2.75) is 29.9 Å². The Hall–Kier alpha value is -4.23. The van der Waals surface area contributed by atoms with Crippen molar-refractivity contribution in [3.63, 3.8) is 0 Å². The van der Waals surface area contributed by atoms with Gasteiger partial charge in [0, 0.05) is 21.8 Å². The third kappa shape index (κ3) is 7.21. The largest absolute Gasteiger partial charge is 0.493 e. The van der Waals surface area contributed by atoms with Crippen LogP contribution in [0.25, 0.3) is 0 Å². The molecule has 4 aromatic rings. The number of carbonyl (C=O) groups excluding carboxylic acids is 2. The molecule has 1 atom stereocenters. The lowest BCUT2D eigenvalue weighted by molar-refractivity contribution is -0.115. The predicted molar refractivity (Wildman–Crippen MR) is 158 cm³/mol. The van der Waals surface area contributed by atoms with Gasteiger partial charge in [0.15, 0.2) is 11.5 Å². The highest BCUT2D eigenvalue weighted by Crippen LogP contribution is 2.37. The van der Waals surface area contributed by atoms with E-state index >= 15 is 0 Å². The van der Waals surface area contributed by atoms with E-state index in [0.717, 1.165) is 16.1 Å². The number of rotatable bonds is 10. The minimum absolute atomic E-state index is 0.102. The molecule has 0 bridgehead atoms. The summed E-state index contributed by atoms with van der Waals surface area (Å²) in [6.07, 6.45) is 0. The van der Waals surface area contributed by atoms with Crippen molar-refractivity contribution >= 4 is 35.0 Å². The predicted octanol–water partition coefficient (Wildman–Crippen LogP) is 7.55. The van der Waals surface area contributed by atoms with Crippen molar-refractivity contribution in [3.8, 4) is 11.5 Å². The third-order valence-electron chi connectivity index (χ3n) is 6.20. The normalized spacial score (nSPS) is 11.5. The average molecular weight is 541 g/mol. The van der Waals surface area contributed by atoms with Gasteiger partial charge in [0.25, 0.3) is 5.91 Å². The maximum absolute atomic E-state index is 13.4. The monoisotopic (exact) mass is 540 g/mol. The minimum atomic E-state index is -0.455. The van der Waals surface area contributed by atoms with E-state index < -0.39 is 5.25 Å². The molecule has 0 saturated heterocycles. The van der Waals surface area contributed by atoms with Crippen molar-refractivity contribution in [2.75, 3.05) is 24.9 Å². The molecule has 0 aliphatic heterocycles. The van der Waals surface area contributed by atoms with E-state index in [1.165, 1.54) is 24.4 Å². The van der Waals surface area contributed by atoms with Gasteiger partial charge in [-0.3, -0.25) is 9.59 Å². The summed E-state index contributed by atoms with van der Waals surface area (Å²) < 4.78 is 10.5. The second kappa shape index (κ2) is 13.0. The molecule has 200 valence electrons. The molecule has 0 radical (unpaired) electrons. The fourth-order valence-corrected chi connectivity index (χ4v) is 5.02. The first-order chi connectivity index (χ1) is 18.9. The summed E-state index contributed by atoms with van der Waals surface area (Å²) in [5.41, 5.74) is 3.99. The van der Waals surface area contributed by atoms with E-state index in [4.69, 9.17) is 9.47 Å². The molecule has 0 aromatic heterocycles. The number of anilines is 2. The van der Waals surface area contributed by atoms with E-state index in [0.29, 0.717) is 28.7 Å². The number of methoxy groups -OCH3 is 2. The van der Waals surface area contributed by atoms with Gasteiger partial charge in [-0.2, -0.15) is 0 Å². The number of amides is 2. The minimum Gasteiger partial charge on any atom is -0.493 e. The number of ether oxygens (including phenoxy) is 2. The number of thioether (sulfide) groups is 1. The van der Waals surface area contributed by atoms with E-state index in [1.54, 1.807) is 25.3 Å². The molecule has 2 N–H and O–H groups in total. The summed E-state index contributed by atoms with van der Waals surface area (Å²) in [5.74, 6) is 1.10. The van der Waals surface area contributed by atoms with Crippen LogP contribution in [-0.2, 0) is 4.79 Å². The molecule has 0 heterocycles. The van der Waals surface area contributed by atoms with Crippen molar-refractivity contribution < 1.29 is 19.1 Å².